The first kappa shape index (κ1) is 13.6. The zero-order valence-corrected chi connectivity index (χ0v) is 11.5. The second kappa shape index (κ2) is 6.34. The standard InChI is InChI=1S/C15H15ClN2O/c1-18(11-14-7-2-3-8-17-14)15(19)13-6-4-5-12(9-13)10-16/h2-9H,10-11H2,1H3. The van der Waals surface area contributed by atoms with Gasteiger partial charge in [0, 0.05) is 24.7 Å². The number of halogens is 1. The first-order valence-corrected chi connectivity index (χ1v) is 6.54. The number of hydrogen-bond donors (Lipinski definition) is 0. The summed E-state index contributed by atoms with van der Waals surface area (Å²) in [5.41, 5.74) is 2.46. The average Bonchev–Trinajstić information content (AvgIpc) is 2.47. The lowest BCUT2D eigenvalue weighted by atomic mass is 10.1. The van der Waals surface area contributed by atoms with Crippen LogP contribution in [-0.2, 0) is 12.4 Å². The van der Waals surface area contributed by atoms with E-state index < -0.39 is 0 Å². The Balaban J connectivity index is 2.10. The minimum Gasteiger partial charge on any atom is -0.336 e. The van der Waals surface area contributed by atoms with Gasteiger partial charge in [-0.2, -0.15) is 0 Å². The fraction of sp³-hybridized carbons (Fsp3) is 0.200. The largest absolute Gasteiger partial charge is 0.336 e. The summed E-state index contributed by atoms with van der Waals surface area (Å²) in [7, 11) is 1.77. The molecule has 0 aliphatic heterocycles. The van der Waals surface area contributed by atoms with Gasteiger partial charge in [-0.1, -0.05) is 18.2 Å². The number of carbonyl (C=O) groups excluding carboxylic acids is 1. The van der Waals surface area contributed by atoms with Gasteiger partial charge in [0.1, 0.15) is 0 Å². The van der Waals surface area contributed by atoms with Crippen LogP contribution in [-0.4, -0.2) is 22.8 Å². The van der Waals surface area contributed by atoms with E-state index in [-0.39, 0.29) is 5.91 Å². The molecule has 2 aromatic rings. The highest BCUT2D eigenvalue weighted by Crippen LogP contribution is 2.11. The summed E-state index contributed by atoms with van der Waals surface area (Å²) in [5, 5.41) is 0. The fourth-order valence-electron chi connectivity index (χ4n) is 1.81. The van der Waals surface area contributed by atoms with Crippen LogP contribution < -0.4 is 0 Å². The van der Waals surface area contributed by atoms with Crippen molar-refractivity contribution in [1.29, 1.82) is 0 Å². The number of benzene rings is 1. The van der Waals surface area contributed by atoms with Crippen molar-refractivity contribution in [2.75, 3.05) is 7.05 Å². The summed E-state index contributed by atoms with van der Waals surface area (Å²) >= 11 is 5.78. The van der Waals surface area contributed by atoms with Crippen LogP contribution >= 0.6 is 11.6 Å². The van der Waals surface area contributed by atoms with E-state index in [4.69, 9.17) is 11.6 Å². The van der Waals surface area contributed by atoms with Crippen LogP contribution in [0.5, 0.6) is 0 Å². The summed E-state index contributed by atoms with van der Waals surface area (Å²) in [5.74, 6) is 0.378. The molecule has 19 heavy (non-hydrogen) atoms. The highest BCUT2D eigenvalue weighted by molar-refractivity contribution is 6.17. The molecule has 0 aliphatic rings. The van der Waals surface area contributed by atoms with Crippen molar-refractivity contribution in [2.45, 2.75) is 12.4 Å². The Labute approximate surface area is 117 Å². The van der Waals surface area contributed by atoms with Crippen molar-refractivity contribution in [3.05, 3.63) is 65.5 Å². The molecule has 0 spiro atoms. The van der Waals surface area contributed by atoms with Gasteiger partial charge in [-0.15, -0.1) is 11.6 Å². The number of nitrogens with zero attached hydrogens (tertiary/aromatic N) is 2. The van der Waals surface area contributed by atoms with Crippen molar-refractivity contribution >= 4 is 17.5 Å². The molecule has 1 aromatic carbocycles. The fourth-order valence-corrected chi connectivity index (χ4v) is 1.98. The Kier molecular flexibility index (Phi) is 4.53. The summed E-state index contributed by atoms with van der Waals surface area (Å²) < 4.78 is 0. The SMILES string of the molecule is CN(Cc1ccccn1)C(=O)c1cccc(CCl)c1. The van der Waals surface area contributed by atoms with E-state index in [2.05, 4.69) is 4.98 Å². The molecule has 98 valence electrons. The first-order valence-electron chi connectivity index (χ1n) is 6.01. The van der Waals surface area contributed by atoms with Crippen molar-refractivity contribution in [1.82, 2.24) is 9.88 Å². The quantitative estimate of drug-likeness (QED) is 0.803. The van der Waals surface area contributed by atoms with E-state index in [1.54, 1.807) is 24.2 Å². The van der Waals surface area contributed by atoms with Gasteiger partial charge in [-0.25, -0.2) is 0 Å². The first-order chi connectivity index (χ1) is 9.20. The number of carbonyl (C=O) groups is 1. The molecule has 0 N–H and O–H groups in total. The summed E-state index contributed by atoms with van der Waals surface area (Å²) in [6.45, 7) is 0.491. The number of pyridine rings is 1. The third-order valence-electron chi connectivity index (χ3n) is 2.80. The minimum atomic E-state index is -0.0300. The smallest absolute Gasteiger partial charge is 0.253 e. The Hall–Kier alpha value is -1.87. The maximum atomic E-state index is 12.3. The van der Waals surface area contributed by atoms with Crippen LogP contribution in [0.3, 0.4) is 0 Å². The van der Waals surface area contributed by atoms with Crippen LogP contribution in [0.4, 0.5) is 0 Å². The Morgan fingerprint density at radius 1 is 1.26 bits per heavy atom. The maximum absolute atomic E-state index is 12.3. The number of hydrogen-bond acceptors (Lipinski definition) is 2. The van der Waals surface area contributed by atoms with E-state index >= 15 is 0 Å². The van der Waals surface area contributed by atoms with Gasteiger partial charge in [0.25, 0.3) is 5.91 Å². The topological polar surface area (TPSA) is 33.2 Å². The minimum absolute atomic E-state index is 0.0300. The number of rotatable bonds is 4. The molecule has 2 rings (SSSR count). The van der Waals surface area contributed by atoms with E-state index in [0.717, 1.165) is 11.3 Å². The molecular weight excluding hydrogens is 260 g/mol. The number of alkyl halides is 1. The van der Waals surface area contributed by atoms with E-state index in [0.29, 0.717) is 18.0 Å². The van der Waals surface area contributed by atoms with Crippen LogP contribution in [0.25, 0.3) is 0 Å². The molecule has 0 bridgehead atoms. The molecule has 1 amide bonds. The predicted octanol–water partition coefficient (Wildman–Crippen LogP) is 3.09. The van der Waals surface area contributed by atoms with Crippen LogP contribution in [0.1, 0.15) is 21.6 Å². The van der Waals surface area contributed by atoms with Gasteiger partial charge in [0.15, 0.2) is 0 Å². The lowest BCUT2D eigenvalue weighted by molar-refractivity contribution is 0.0783. The second-order valence-corrected chi connectivity index (χ2v) is 4.58. The van der Waals surface area contributed by atoms with Crippen molar-refractivity contribution in [3.63, 3.8) is 0 Å². The van der Waals surface area contributed by atoms with Crippen molar-refractivity contribution in [3.8, 4) is 0 Å². The third-order valence-corrected chi connectivity index (χ3v) is 3.11. The van der Waals surface area contributed by atoms with Crippen LogP contribution in [0.15, 0.2) is 48.7 Å². The number of amides is 1. The van der Waals surface area contributed by atoms with E-state index in [9.17, 15) is 4.79 Å². The Bertz CT molecular complexity index is 557. The molecule has 0 fully saturated rings. The van der Waals surface area contributed by atoms with Gasteiger partial charge in [-0.3, -0.25) is 9.78 Å². The molecule has 1 heterocycles. The molecule has 1 aromatic heterocycles. The molecule has 0 saturated heterocycles. The van der Waals surface area contributed by atoms with Crippen LogP contribution in [0, 0.1) is 0 Å². The Morgan fingerprint density at radius 3 is 2.79 bits per heavy atom. The molecular formula is C15H15ClN2O. The third kappa shape index (κ3) is 3.55. The summed E-state index contributed by atoms with van der Waals surface area (Å²) in [6, 6.07) is 13.0. The van der Waals surface area contributed by atoms with Crippen LogP contribution in [0.2, 0.25) is 0 Å². The zero-order valence-electron chi connectivity index (χ0n) is 10.7. The van der Waals surface area contributed by atoms with Gasteiger partial charge in [-0.05, 0) is 29.8 Å². The summed E-state index contributed by atoms with van der Waals surface area (Å²) in [6.07, 6.45) is 1.72. The average molecular weight is 275 g/mol. The van der Waals surface area contributed by atoms with Gasteiger partial charge < -0.3 is 4.90 Å². The molecule has 0 aliphatic carbocycles. The lowest BCUT2D eigenvalue weighted by Crippen LogP contribution is -2.26. The lowest BCUT2D eigenvalue weighted by Gasteiger charge is -2.17. The Morgan fingerprint density at radius 2 is 2.11 bits per heavy atom. The van der Waals surface area contributed by atoms with Crippen molar-refractivity contribution < 1.29 is 4.79 Å². The zero-order chi connectivity index (χ0) is 13.7. The van der Waals surface area contributed by atoms with Gasteiger partial charge in [0.05, 0.1) is 12.2 Å². The molecule has 4 heteroatoms. The molecule has 0 atom stereocenters. The molecule has 0 saturated carbocycles. The van der Waals surface area contributed by atoms with Gasteiger partial charge in [0.2, 0.25) is 0 Å². The highest BCUT2D eigenvalue weighted by atomic mass is 35.5. The monoisotopic (exact) mass is 274 g/mol. The van der Waals surface area contributed by atoms with E-state index in [1.807, 2.05) is 36.4 Å². The van der Waals surface area contributed by atoms with Gasteiger partial charge >= 0.3 is 0 Å². The summed E-state index contributed by atoms with van der Waals surface area (Å²) in [4.78, 5) is 18.1. The normalized spacial score (nSPS) is 10.2. The van der Waals surface area contributed by atoms with E-state index in [1.165, 1.54) is 0 Å². The highest BCUT2D eigenvalue weighted by Gasteiger charge is 2.12. The molecule has 0 unspecified atom stereocenters. The molecule has 0 radical (unpaired) electrons. The second-order valence-electron chi connectivity index (χ2n) is 4.32. The van der Waals surface area contributed by atoms with Crippen molar-refractivity contribution in [2.24, 2.45) is 0 Å². The maximum Gasteiger partial charge on any atom is 0.253 e. The molecule has 3 nitrogen and oxygen atoms in total. The predicted molar refractivity (Wildman–Crippen MR) is 76.0 cm³/mol. The number of aromatic nitrogens is 1.